The molecule has 0 saturated heterocycles. The SMILES string of the molecule is Cc1nscc1C(=O)NCCc1ccc(F)cc1. The summed E-state index contributed by atoms with van der Waals surface area (Å²) in [6, 6.07) is 6.28. The molecule has 0 aliphatic rings. The van der Waals surface area contributed by atoms with E-state index in [2.05, 4.69) is 9.69 Å². The first-order valence-electron chi connectivity index (χ1n) is 5.60. The van der Waals surface area contributed by atoms with Crippen molar-refractivity contribution in [1.29, 1.82) is 0 Å². The molecule has 1 amide bonds. The van der Waals surface area contributed by atoms with Crippen LogP contribution < -0.4 is 5.32 Å². The predicted octanol–water partition coefficient (Wildman–Crippen LogP) is 2.56. The molecule has 0 saturated carbocycles. The molecule has 0 fully saturated rings. The summed E-state index contributed by atoms with van der Waals surface area (Å²) in [5.74, 6) is -0.355. The lowest BCUT2D eigenvalue weighted by atomic mass is 10.1. The first-order valence-corrected chi connectivity index (χ1v) is 6.44. The van der Waals surface area contributed by atoms with E-state index in [1.165, 1.54) is 23.7 Å². The van der Waals surface area contributed by atoms with Gasteiger partial charge in [0.05, 0.1) is 11.3 Å². The highest BCUT2D eigenvalue weighted by Crippen LogP contribution is 2.08. The maximum atomic E-state index is 12.7. The van der Waals surface area contributed by atoms with Crippen LogP contribution in [0.5, 0.6) is 0 Å². The molecule has 5 heteroatoms. The predicted molar refractivity (Wildman–Crippen MR) is 69.3 cm³/mol. The molecule has 94 valence electrons. The van der Waals surface area contributed by atoms with E-state index >= 15 is 0 Å². The van der Waals surface area contributed by atoms with Crippen LogP contribution in [0.15, 0.2) is 29.6 Å². The quantitative estimate of drug-likeness (QED) is 0.922. The number of benzene rings is 1. The highest BCUT2D eigenvalue weighted by atomic mass is 32.1. The largest absolute Gasteiger partial charge is 0.352 e. The van der Waals surface area contributed by atoms with E-state index in [1.807, 2.05) is 6.92 Å². The molecule has 2 rings (SSSR count). The fourth-order valence-corrected chi connectivity index (χ4v) is 2.27. The zero-order chi connectivity index (χ0) is 13.0. The smallest absolute Gasteiger partial charge is 0.254 e. The molecule has 1 aromatic carbocycles. The Morgan fingerprint density at radius 2 is 2.11 bits per heavy atom. The number of aromatic nitrogens is 1. The minimum atomic E-state index is -0.247. The lowest BCUT2D eigenvalue weighted by Gasteiger charge is -2.04. The van der Waals surface area contributed by atoms with Gasteiger partial charge in [-0.1, -0.05) is 12.1 Å². The number of amides is 1. The standard InChI is InChI=1S/C13H13FN2OS/c1-9-12(8-18-16-9)13(17)15-7-6-10-2-4-11(14)5-3-10/h2-5,8H,6-7H2,1H3,(H,15,17). The molecule has 0 atom stereocenters. The van der Waals surface area contributed by atoms with Crippen LogP contribution >= 0.6 is 11.5 Å². The maximum absolute atomic E-state index is 12.7. The number of nitrogens with zero attached hydrogens (tertiary/aromatic N) is 1. The molecule has 1 heterocycles. The van der Waals surface area contributed by atoms with Gasteiger partial charge in [-0.25, -0.2) is 4.39 Å². The van der Waals surface area contributed by atoms with Gasteiger partial charge in [-0.2, -0.15) is 4.37 Å². The Morgan fingerprint density at radius 1 is 1.39 bits per heavy atom. The molecule has 0 spiro atoms. The minimum Gasteiger partial charge on any atom is -0.352 e. The first kappa shape index (κ1) is 12.7. The van der Waals surface area contributed by atoms with Crippen molar-refractivity contribution in [3.05, 3.63) is 52.3 Å². The highest BCUT2D eigenvalue weighted by Gasteiger charge is 2.09. The number of aryl methyl sites for hydroxylation is 1. The molecule has 18 heavy (non-hydrogen) atoms. The molecule has 1 aromatic heterocycles. The van der Waals surface area contributed by atoms with E-state index in [-0.39, 0.29) is 11.7 Å². The molecule has 1 N–H and O–H groups in total. The summed E-state index contributed by atoms with van der Waals surface area (Å²) in [7, 11) is 0. The summed E-state index contributed by atoms with van der Waals surface area (Å²) in [6.07, 6.45) is 0.683. The molecule has 0 radical (unpaired) electrons. The van der Waals surface area contributed by atoms with Gasteiger partial charge in [0.1, 0.15) is 5.82 Å². The van der Waals surface area contributed by atoms with Crippen LogP contribution in [-0.4, -0.2) is 16.8 Å². The van der Waals surface area contributed by atoms with Gasteiger partial charge < -0.3 is 5.32 Å². The van der Waals surface area contributed by atoms with E-state index < -0.39 is 0 Å². The average Bonchev–Trinajstić information content (AvgIpc) is 2.78. The summed E-state index contributed by atoms with van der Waals surface area (Å²) >= 11 is 1.27. The fraction of sp³-hybridized carbons (Fsp3) is 0.231. The molecule has 2 aromatic rings. The number of rotatable bonds is 4. The number of hydrogen-bond acceptors (Lipinski definition) is 3. The number of hydrogen-bond donors (Lipinski definition) is 1. The van der Waals surface area contributed by atoms with Crippen molar-refractivity contribution < 1.29 is 9.18 Å². The fourth-order valence-electron chi connectivity index (χ4n) is 1.58. The molecule has 3 nitrogen and oxygen atoms in total. The van der Waals surface area contributed by atoms with Gasteiger partial charge in [0.2, 0.25) is 0 Å². The summed E-state index contributed by atoms with van der Waals surface area (Å²) in [6.45, 7) is 2.34. The molecule has 0 aliphatic carbocycles. The van der Waals surface area contributed by atoms with Gasteiger partial charge in [0.25, 0.3) is 5.91 Å². The van der Waals surface area contributed by atoms with E-state index in [0.29, 0.717) is 18.5 Å². The lowest BCUT2D eigenvalue weighted by molar-refractivity contribution is 0.0954. The third-order valence-corrected chi connectivity index (χ3v) is 3.33. The second-order valence-corrected chi connectivity index (χ2v) is 4.58. The molecular weight excluding hydrogens is 251 g/mol. The minimum absolute atomic E-state index is 0.108. The second-order valence-electron chi connectivity index (χ2n) is 3.95. The number of halogens is 1. The van der Waals surface area contributed by atoms with Crippen LogP contribution in [0.3, 0.4) is 0 Å². The van der Waals surface area contributed by atoms with Gasteiger partial charge in [-0.3, -0.25) is 4.79 Å². The topological polar surface area (TPSA) is 42.0 Å². The summed E-state index contributed by atoms with van der Waals surface area (Å²) in [4.78, 5) is 11.8. The molecule has 0 unspecified atom stereocenters. The van der Waals surface area contributed by atoms with Gasteiger partial charge in [0, 0.05) is 11.9 Å². The van der Waals surface area contributed by atoms with Crippen LogP contribution in [0.4, 0.5) is 4.39 Å². The van der Waals surface area contributed by atoms with Crippen molar-refractivity contribution in [2.45, 2.75) is 13.3 Å². The van der Waals surface area contributed by atoms with Crippen LogP contribution in [0.2, 0.25) is 0 Å². The van der Waals surface area contributed by atoms with Crippen LogP contribution in [0.25, 0.3) is 0 Å². The van der Waals surface area contributed by atoms with Crippen molar-refractivity contribution in [2.24, 2.45) is 0 Å². The van der Waals surface area contributed by atoms with Gasteiger partial charge in [-0.15, -0.1) is 0 Å². The first-order chi connectivity index (χ1) is 8.66. The van der Waals surface area contributed by atoms with E-state index in [9.17, 15) is 9.18 Å². The Kier molecular flexibility index (Phi) is 4.04. The van der Waals surface area contributed by atoms with Crippen molar-refractivity contribution in [3.63, 3.8) is 0 Å². The van der Waals surface area contributed by atoms with E-state index in [4.69, 9.17) is 0 Å². The number of carbonyl (C=O) groups is 1. The zero-order valence-electron chi connectivity index (χ0n) is 9.94. The number of carbonyl (C=O) groups excluding carboxylic acids is 1. The van der Waals surface area contributed by atoms with E-state index in [1.54, 1.807) is 17.5 Å². The monoisotopic (exact) mass is 264 g/mol. The molecular formula is C13H13FN2OS. The third-order valence-electron chi connectivity index (χ3n) is 2.61. The maximum Gasteiger partial charge on any atom is 0.254 e. The highest BCUT2D eigenvalue weighted by molar-refractivity contribution is 7.03. The average molecular weight is 264 g/mol. The Morgan fingerprint density at radius 3 is 2.72 bits per heavy atom. The van der Waals surface area contributed by atoms with Gasteiger partial charge in [-0.05, 0) is 42.6 Å². The Balaban J connectivity index is 1.84. The van der Waals surface area contributed by atoms with Crippen molar-refractivity contribution in [3.8, 4) is 0 Å². The summed E-state index contributed by atoms with van der Waals surface area (Å²) in [5.41, 5.74) is 2.37. The Labute approximate surface area is 109 Å². The Hall–Kier alpha value is -1.75. The van der Waals surface area contributed by atoms with E-state index in [0.717, 1.165) is 11.3 Å². The molecule has 0 aliphatic heterocycles. The Bertz CT molecular complexity index is 536. The number of nitrogens with one attached hydrogen (secondary N) is 1. The van der Waals surface area contributed by atoms with Crippen molar-refractivity contribution in [2.75, 3.05) is 6.54 Å². The summed E-state index contributed by atoms with van der Waals surface area (Å²) in [5, 5.41) is 4.56. The zero-order valence-corrected chi connectivity index (χ0v) is 10.8. The van der Waals surface area contributed by atoms with Crippen LogP contribution in [0.1, 0.15) is 21.6 Å². The van der Waals surface area contributed by atoms with Crippen molar-refractivity contribution >= 4 is 17.4 Å². The van der Waals surface area contributed by atoms with Gasteiger partial charge >= 0.3 is 0 Å². The van der Waals surface area contributed by atoms with Crippen LogP contribution in [-0.2, 0) is 6.42 Å². The van der Waals surface area contributed by atoms with Crippen LogP contribution in [0, 0.1) is 12.7 Å². The van der Waals surface area contributed by atoms with Gasteiger partial charge in [0.15, 0.2) is 0 Å². The summed E-state index contributed by atoms with van der Waals surface area (Å²) < 4.78 is 16.7. The second kappa shape index (κ2) is 5.73. The molecule has 0 bridgehead atoms. The third kappa shape index (κ3) is 3.13. The lowest BCUT2D eigenvalue weighted by Crippen LogP contribution is -2.25. The normalized spacial score (nSPS) is 10.3. The van der Waals surface area contributed by atoms with Crippen molar-refractivity contribution in [1.82, 2.24) is 9.69 Å².